The van der Waals surface area contributed by atoms with Crippen LogP contribution in [0, 0.1) is 0 Å². The maximum absolute atomic E-state index is 12.9. The zero-order chi connectivity index (χ0) is 23.9. The van der Waals surface area contributed by atoms with Gasteiger partial charge in [0, 0.05) is 49.9 Å². The summed E-state index contributed by atoms with van der Waals surface area (Å²) in [6, 6.07) is 4.93. The maximum atomic E-state index is 12.9. The minimum absolute atomic E-state index is 0.0696. The van der Waals surface area contributed by atoms with Gasteiger partial charge in [-0.1, -0.05) is 0 Å². The molecule has 0 spiro atoms. The van der Waals surface area contributed by atoms with E-state index in [9.17, 15) is 14.4 Å². The Kier molecular flexibility index (Phi) is 5.64. The molecule has 2 atom stereocenters. The van der Waals surface area contributed by atoms with E-state index in [1.165, 1.54) is 11.1 Å². The molecule has 0 aliphatic carbocycles. The van der Waals surface area contributed by atoms with Crippen LogP contribution in [0.1, 0.15) is 52.7 Å². The summed E-state index contributed by atoms with van der Waals surface area (Å²) in [5.74, 6) is 0.803. The van der Waals surface area contributed by atoms with E-state index in [1.54, 1.807) is 11.0 Å². The third-order valence-corrected chi connectivity index (χ3v) is 7.36. The van der Waals surface area contributed by atoms with Gasteiger partial charge >= 0.3 is 0 Å². The number of hydrogen-bond donors (Lipinski definition) is 1. The number of carbonyl (C=O) groups excluding carboxylic acids is 3. The molecule has 4 aliphatic rings. The van der Waals surface area contributed by atoms with Crippen molar-refractivity contribution in [1.82, 2.24) is 20.1 Å². The normalized spacial score (nSPS) is 24.1. The lowest BCUT2D eigenvalue weighted by atomic mass is 10.0. The number of aromatic nitrogens is 1. The first-order valence-electron chi connectivity index (χ1n) is 12.3. The van der Waals surface area contributed by atoms with Crippen LogP contribution < -0.4 is 14.8 Å². The third kappa shape index (κ3) is 4.25. The highest BCUT2D eigenvalue weighted by Crippen LogP contribution is 2.32. The molecule has 5 heterocycles. The molecule has 0 saturated carbocycles. The lowest BCUT2D eigenvalue weighted by Gasteiger charge is -2.29. The maximum Gasteiger partial charge on any atom is 0.255 e. The first-order chi connectivity index (χ1) is 17.0. The van der Waals surface area contributed by atoms with Crippen LogP contribution in [0.4, 0.5) is 0 Å². The number of ether oxygens (including phenoxy) is 2. The SMILES string of the molecule is O=C1CCC(N2Cc3cc(O[C@H]4CCN(Cc5cncc6c5CCCO6)C4)ccc3C2=O)C(=O)N1. The summed E-state index contributed by atoms with van der Waals surface area (Å²) in [5, 5.41) is 2.34. The Morgan fingerprint density at radius 3 is 2.94 bits per heavy atom. The van der Waals surface area contributed by atoms with E-state index in [0.717, 1.165) is 62.6 Å². The molecule has 1 unspecified atom stereocenters. The Morgan fingerprint density at radius 2 is 2.06 bits per heavy atom. The predicted octanol–water partition coefficient (Wildman–Crippen LogP) is 1.82. The van der Waals surface area contributed by atoms with Gasteiger partial charge in [-0.2, -0.15) is 0 Å². The average Bonchev–Trinajstić information content (AvgIpc) is 3.43. The zero-order valence-corrected chi connectivity index (χ0v) is 19.5. The van der Waals surface area contributed by atoms with Crippen LogP contribution in [0.5, 0.6) is 11.5 Å². The van der Waals surface area contributed by atoms with Crippen molar-refractivity contribution in [1.29, 1.82) is 0 Å². The van der Waals surface area contributed by atoms with Gasteiger partial charge in [0.25, 0.3) is 5.91 Å². The minimum atomic E-state index is -0.607. The first kappa shape index (κ1) is 22.0. The Labute approximate surface area is 203 Å². The summed E-state index contributed by atoms with van der Waals surface area (Å²) < 4.78 is 12.1. The summed E-state index contributed by atoms with van der Waals surface area (Å²) in [4.78, 5) is 44.9. The Bertz CT molecular complexity index is 1200. The Morgan fingerprint density at radius 1 is 1.14 bits per heavy atom. The second-order valence-corrected chi connectivity index (χ2v) is 9.71. The van der Waals surface area contributed by atoms with Gasteiger partial charge in [-0.15, -0.1) is 0 Å². The van der Waals surface area contributed by atoms with Crippen molar-refractivity contribution in [3.05, 3.63) is 52.8 Å². The number of rotatable bonds is 5. The van der Waals surface area contributed by atoms with Crippen molar-refractivity contribution in [2.45, 2.75) is 57.3 Å². The number of imide groups is 1. The van der Waals surface area contributed by atoms with Crippen molar-refractivity contribution < 1.29 is 23.9 Å². The molecule has 182 valence electrons. The van der Waals surface area contributed by atoms with Gasteiger partial charge in [-0.25, -0.2) is 0 Å². The van der Waals surface area contributed by atoms with Crippen molar-refractivity contribution in [2.24, 2.45) is 0 Å². The van der Waals surface area contributed by atoms with E-state index in [4.69, 9.17) is 9.47 Å². The van der Waals surface area contributed by atoms with Crippen molar-refractivity contribution >= 4 is 17.7 Å². The number of piperidine rings is 1. The molecule has 9 nitrogen and oxygen atoms in total. The molecule has 1 aromatic carbocycles. The molecule has 2 saturated heterocycles. The van der Waals surface area contributed by atoms with E-state index < -0.39 is 11.9 Å². The number of benzene rings is 1. The van der Waals surface area contributed by atoms with Crippen molar-refractivity contribution in [2.75, 3.05) is 19.7 Å². The highest BCUT2D eigenvalue weighted by atomic mass is 16.5. The Hall–Kier alpha value is -3.46. The fourth-order valence-corrected chi connectivity index (χ4v) is 5.58. The van der Waals surface area contributed by atoms with Gasteiger partial charge in [0.05, 0.1) is 12.8 Å². The van der Waals surface area contributed by atoms with E-state index >= 15 is 0 Å². The van der Waals surface area contributed by atoms with Crippen molar-refractivity contribution in [3.63, 3.8) is 0 Å². The van der Waals surface area contributed by atoms with E-state index in [1.807, 2.05) is 24.5 Å². The molecule has 35 heavy (non-hydrogen) atoms. The monoisotopic (exact) mass is 476 g/mol. The van der Waals surface area contributed by atoms with Gasteiger partial charge in [-0.05, 0) is 55.0 Å². The van der Waals surface area contributed by atoms with Crippen LogP contribution in [0.2, 0.25) is 0 Å². The molecule has 1 aromatic heterocycles. The smallest absolute Gasteiger partial charge is 0.255 e. The van der Waals surface area contributed by atoms with Crippen LogP contribution >= 0.6 is 0 Å². The molecular formula is C26H28N4O5. The average molecular weight is 477 g/mol. The van der Waals surface area contributed by atoms with Gasteiger partial charge < -0.3 is 14.4 Å². The van der Waals surface area contributed by atoms with Crippen LogP contribution in [-0.2, 0) is 29.1 Å². The second kappa shape index (κ2) is 8.96. The van der Waals surface area contributed by atoms with Crippen LogP contribution in [-0.4, -0.2) is 64.3 Å². The topological polar surface area (TPSA) is 101 Å². The van der Waals surface area contributed by atoms with Crippen LogP contribution in [0.25, 0.3) is 0 Å². The fourth-order valence-electron chi connectivity index (χ4n) is 5.58. The summed E-state index contributed by atoms with van der Waals surface area (Å²) in [7, 11) is 0. The fraction of sp³-hybridized carbons (Fsp3) is 0.462. The number of hydrogen-bond acceptors (Lipinski definition) is 7. The van der Waals surface area contributed by atoms with Gasteiger partial charge in [0.1, 0.15) is 23.6 Å². The molecule has 0 bridgehead atoms. The highest BCUT2D eigenvalue weighted by molar-refractivity contribution is 6.05. The largest absolute Gasteiger partial charge is 0.492 e. The summed E-state index contributed by atoms with van der Waals surface area (Å²) in [6.07, 6.45) is 7.44. The number of pyridine rings is 1. The molecule has 9 heteroatoms. The number of carbonyl (C=O) groups is 3. The lowest BCUT2D eigenvalue weighted by molar-refractivity contribution is -0.136. The summed E-state index contributed by atoms with van der Waals surface area (Å²) in [5.41, 5.74) is 3.96. The second-order valence-electron chi connectivity index (χ2n) is 9.71. The van der Waals surface area contributed by atoms with E-state index in [0.29, 0.717) is 18.5 Å². The van der Waals surface area contributed by atoms with Gasteiger partial charge in [0.2, 0.25) is 11.8 Å². The molecule has 6 rings (SSSR count). The summed E-state index contributed by atoms with van der Waals surface area (Å²) >= 11 is 0. The zero-order valence-electron chi connectivity index (χ0n) is 19.5. The third-order valence-electron chi connectivity index (χ3n) is 7.36. The molecule has 1 N–H and O–H groups in total. The van der Waals surface area contributed by atoms with E-state index in [2.05, 4.69) is 15.2 Å². The predicted molar refractivity (Wildman–Crippen MR) is 125 cm³/mol. The lowest BCUT2D eigenvalue weighted by Crippen LogP contribution is -2.52. The number of fused-ring (bicyclic) bond motifs is 2. The Balaban J connectivity index is 1.09. The van der Waals surface area contributed by atoms with E-state index in [-0.39, 0.29) is 24.3 Å². The number of amides is 3. The standard InChI is InChI=1S/C26H28N4O5/c31-24-6-5-22(25(32)28-24)30-14-16-10-18(3-4-21(16)26(30)33)35-19-7-8-29(15-19)13-17-11-27-12-23-20(17)2-1-9-34-23/h3-4,10-12,19,22H,1-2,5-9,13-15H2,(H,28,31,32)/t19-,22?/m0/s1. The molecule has 4 aliphatic heterocycles. The number of nitrogens with zero attached hydrogens (tertiary/aromatic N) is 3. The highest BCUT2D eigenvalue weighted by Gasteiger charge is 2.39. The molecule has 0 radical (unpaired) electrons. The molecule has 3 amide bonds. The summed E-state index contributed by atoms with van der Waals surface area (Å²) in [6.45, 7) is 3.71. The van der Waals surface area contributed by atoms with Crippen molar-refractivity contribution in [3.8, 4) is 11.5 Å². The number of nitrogens with one attached hydrogen (secondary N) is 1. The van der Waals surface area contributed by atoms with Gasteiger partial charge in [0.15, 0.2) is 0 Å². The molecule has 2 aromatic rings. The van der Waals surface area contributed by atoms with Gasteiger partial charge in [-0.3, -0.25) is 29.6 Å². The molecular weight excluding hydrogens is 448 g/mol. The minimum Gasteiger partial charge on any atom is -0.492 e. The quantitative estimate of drug-likeness (QED) is 0.657. The first-order valence-corrected chi connectivity index (χ1v) is 12.3. The number of likely N-dealkylation sites (tertiary alicyclic amines) is 1. The molecule has 2 fully saturated rings. The van der Waals surface area contributed by atoms with Crippen LogP contribution in [0.15, 0.2) is 30.6 Å². The van der Waals surface area contributed by atoms with Crippen LogP contribution in [0.3, 0.4) is 0 Å².